The molecule has 0 spiro atoms. The lowest BCUT2D eigenvalue weighted by atomic mass is 9.90. The maximum absolute atomic E-state index is 11.1. The topological polar surface area (TPSA) is 46.0 Å². The van der Waals surface area contributed by atoms with Gasteiger partial charge in [0, 0.05) is 0 Å². The van der Waals surface area contributed by atoms with Gasteiger partial charge in [-0.15, -0.1) is 21.5 Å². The molecule has 0 radical (unpaired) electrons. The van der Waals surface area contributed by atoms with E-state index in [0.717, 1.165) is 30.7 Å². The summed E-state index contributed by atoms with van der Waals surface area (Å²) >= 11 is 1.50. The van der Waals surface area contributed by atoms with Crippen molar-refractivity contribution in [2.75, 3.05) is 0 Å². The van der Waals surface area contributed by atoms with E-state index in [1.54, 1.807) is 5.51 Å². The standard InChI is InChI=1S/C19H36N2OS/c1-3-5-7-9-11-13-15-19(22,18-21-20-17-23-18)16-14-12-10-8-6-4-2/h17,22H,3-16H2,1-2H3. The first-order valence-corrected chi connectivity index (χ1v) is 10.6. The van der Waals surface area contributed by atoms with Crippen LogP contribution in [0.1, 0.15) is 109 Å². The minimum Gasteiger partial charge on any atom is -0.383 e. The van der Waals surface area contributed by atoms with Gasteiger partial charge in [0.15, 0.2) is 0 Å². The Hall–Kier alpha value is -0.480. The maximum atomic E-state index is 11.1. The first-order chi connectivity index (χ1) is 11.2. The fourth-order valence-electron chi connectivity index (χ4n) is 3.11. The lowest BCUT2D eigenvalue weighted by Crippen LogP contribution is -2.25. The number of unbranched alkanes of at least 4 members (excludes halogenated alkanes) is 10. The third-order valence-corrected chi connectivity index (χ3v) is 5.53. The summed E-state index contributed by atoms with van der Waals surface area (Å²) < 4.78 is 0. The van der Waals surface area contributed by atoms with Gasteiger partial charge in [0.1, 0.15) is 16.1 Å². The molecular weight excluding hydrogens is 304 g/mol. The van der Waals surface area contributed by atoms with Crippen LogP contribution >= 0.6 is 11.3 Å². The van der Waals surface area contributed by atoms with Crippen LogP contribution < -0.4 is 0 Å². The Balaban J connectivity index is 2.32. The highest BCUT2D eigenvalue weighted by Gasteiger charge is 2.31. The zero-order valence-electron chi connectivity index (χ0n) is 15.2. The SMILES string of the molecule is CCCCCCCCC(O)(CCCCCCCC)c1nncs1. The van der Waals surface area contributed by atoms with Gasteiger partial charge in [-0.1, -0.05) is 90.9 Å². The Kier molecular flexibility index (Phi) is 11.5. The highest BCUT2D eigenvalue weighted by molar-refractivity contribution is 7.09. The first-order valence-electron chi connectivity index (χ1n) is 9.72. The average molecular weight is 341 g/mol. The van der Waals surface area contributed by atoms with E-state index >= 15 is 0 Å². The Bertz CT molecular complexity index is 351. The molecule has 0 amide bonds. The lowest BCUT2D eigenvalue weighted by Gasteiger charge is -2.25. The minimum atomic E-state index is -0.739. The van der Waals surface area contributed by atoms with Crippen molar-refractivity contribution in [2.24, 2.45) is 0 Å². The van der Waals surface area contributed by atoms with Crippen molar-refractivity contribution in [1.29, 1.82) is 0 Å². The quantitative estimate of drug-likeness (QED) is 0.385. The molecular formula is C19H36N2OS. The Morgan fingerprint density at radius 1 is 0.826 bits per heavy atom. The molecule has 0 unspecified atom stereocenters. The van der Waals surface area contributed by atoms with Gasteiger partial charge in [0.2, 0.25) is 0 Å². The average Bonchev–Trinajstić information content (AvgIpc) is 3.09. The molecule has 0 bridgehead atoms. The fourth-order valence-corrected chi connectivity index (χ4v) is 3.82. The molecule has 0 saturated carbocycles. The summed E-state index contributed by atoms with van der Waals surface area (Å²) in [4.78, 5) is 0. The second kappa shape index (κ2) is 12.9. The summed E-state index contributed by atoms with van der Waals surface area (Å²) in [6.45, 7) is 4.49. The predicted molar refractivity (Wildman–Crippen MR) is 99.8 cm³/mol. The molecule has 1 aromatic heterocycles. The number of hydrogen-bond donors (Lipinski definition) is 1. The monoisotopic (exact) mass is 340 g/mol. The molecule has 1 aromatic rings. The van der Waals surface area contributed by atoms with E-state index in [2.05, 4.69) is 24.0 Å². The van der Waals surface area contributed by atoms with E-state index in [0.29, 0.717) is 0 Å². The molecule has 0 aliphatic carbocycles. The van der Waals surface area contributed by atoms with E-state index < -0.39 is 5.60 Å². The summed E-state index contributed by atoms with van der Waals surface area (Å²) in [6.07, 6.45) is 16.8. The number of nitrogens with zero attached hydrogens (tertiary/aromatic N) is 2. The predicted octanol–water partition coefficient (Wildman–Crippen LogP) is 6.23. The van der Waals surface area contributed by atoms with E-state index in [-0.39, 0.29) is 0 Å². The van der Waals surface area contributed by atoms with Crippen LogP contribution in [-0.2, 0) is 5.60 Å². The van der Waals surface area contributed by atoms with Crippen LogP contribution in [0.2, 0.25) is 0 Å². The van der Waals surface area contributed by atoms with Gasteiger partial charge in [-0.2, -0.15) is 0 Å². The summed E-state index contributed by atoms with van der Waals surface area (Å²) in [5, 5.41) is 20.0. The van der Waals surface area contributed by atoms with Crippen molar-refractivity contribution < 1.29 is 5.11 Å². The molecule has 134 valence electrons. The van der Waals surface area contributed by atoms with Gasteiger partial charge in [-0.25, -0.2) is 0 Å². The number of hydrogen-bond acceptors (Lipinski definition) is 4. The highest BCUT2D eigenvalue weighted by atomic mass is 32.1. The van der Waals surface area contributed by atoms with Crippen LogP contribution in [0.5, 0.6) is 0 Å². The van der Waals surface area contributed by atoms with Gasteiger partial charge in [0.25, 0.3) is 0 Å². The van der Waals surface area contributed by atoms with Crippen molar-refractivity contribution >= 4 is 11.3 Å². The molecule has 0 aliphatic rings. The number of rotatable bonds is 15. The van der Waals surface area contributed by atoms with Crippen LogP contribution in [0.4, 0.5) is 0 Å². The molecule has 23 heavy (non-hydrogen) atoms. The van der Waals surface area contributed by atoms with E-state index in [1.807, 2.05) is 0 Å². The van der Waals surface area contributed by atoms with Crippen LogP contribution in [0.15, 0.2) is 5.51 Å². The van der Waals surface area contributed by atoms with Crippen molar-refractivity contribution in [3.8, 4) is 0 Å². The van der Waals surface area contributed by atoms with Crippen LogP contribution in [0.3, 0.4) is 0 Å². The largest absolute Gasteiger partial charge is 0.383 e. The fraction of sp³-hybridized carbons (Fsp3) is 0.895. The van der Waals surface area contributed by atoms with Crippen molar-refractivity contribution in [3.63, 3.8) is 0 Å². The molecule has 0 aliphatic heterocycles. The lowest BCUT2D eigenvalue weighted by molar-refractivity contribution is 0.0124. The third kappa shape index (κ3) is 8.80. The van der Waals surface area contributed by atoms with Gasteiger partial charge in [-0.05, 0) is 12.8 Å². The Morgan fingerprint density at radius 3 is 1.74 bits per heavy atom. The normalized spacial score (nSPS) is 12.0. The zero-order valence-corrected chi connectivity index (χ0v) is 16.0. The van der Waals surface area contributed by atoms with Gasteiger partial charge in [0.05, 0.1) is 0 Å². The molecule has 1 N–H and O–H groups in total. The molecule has 0 fully saturated rings. The second-order valence-electron chi connectivity index (χ2n) is 6.81. The number of aromatic nitrogens is 2. The van der Waals surface area contributed by atoms with Crippen molar-refractivity contribution in [2.45, 2.75) is 109 Å². The van der Waals surface area contributed by atoms with Crippen LogP contribution in [0.25, 0.3) is 0 Å². The van der Waals surface area contributed by atoms with Gasteiger partial charge < -0.3 is 5.11 Å². The van der Waals surface area contributed by atoms with Crippen LogP contribution in [0, 0.1) is 0 Å². The summed E-state index contributed by atoms with van der Waals surface area (Å²) in [5.74, 6) is 0. The molecule has 1 heterocycles. The van der Waals surface area contributed by atoms with Gasteiger partial charge >= 0.3 is 0 Å². The summed E-state index contributed by atoms with van der Waals surface area (Å²) in [7, 11) is 0. The molecule has 1 rings (SSSR count). The number of aliphatic hydroxyl groups is 1. The molecule has 0 atom stereocenters. The molecule has 0 aromatic carbocycles. The highest BCUT2D eigenvalue weighted by Crippen LogP contribution is 2.34. The van der Waals surface area contributed by atoms with E-state index in [1.165, 1.54) is 75.5 Å². The summed E-state index contributed by atoms with van der Waals surface area (Å²) in [6, 6.07) is 0. The second-order valence-corrected chi connectivity index (χ2v) is 7.64. The molecule has 0 saturated heterocycles. The van der Waals surface area contributed by atoms with Crippen molar-refractivity contribution in [1.82, 2.24) is 10.2 Å². The Labute approximate surface area is 146 Å². The molecule has 4 heteroatoms. The minimum absolute atomic E-state index is 0.739. The van der Waals surface area contributed by atoms with E-state index in [9.17, 15) is 5.11 Å². The maximum Gasteiger partial charge on any atom is 0.148 e. The molecule has 3 nitrogen and oxygen atoms in total. The Morgan fingerprint density at radius 2 is 1.30 bits per heavy atom. The smallest absolute Gasteiger partial charge is 0.148 e. The van der Waals surface area contributed by atoms with Gasteiger partial charge in [-0.3, -0.25) is 0 Å². The zero-order chi connectivity index (χ0) is 16.8. The third-order valence-electron chi connectivity index (χ3n) is 4.65. The first kappa shape index (κ1) is 20.6. The summed E-state index contributed by atoms with van der Waals surface area (Å²) in [5.41, 5.74) is 0.999. The van der Waals surface area contributed by atoms with E-state index in [4.69, 9.17) is 0 Å². The van der Waals surface area contributed by atoms with Crippen molar-refractivity contribution in [3.05, 3.63) is 10.5 Å². The van der Waals surface area contributed by atoms with Crippen LogP contribution in [-0.4, -0.2) is 15.3 Å².